The van der Waals surface area contributed by atoms with Crippen molar-refractivity contribution in [2.24, 2.45) is 0 Å². The molecule has 1 N–H and O–H groups in total. The highest BCUT2D eigenvalue weighted by Gasteiger charge is 2.21. The number of carbonyl (C=O) groups is 1. The molecule has 0 saturated heterocycles. The van der Waals surface area contributed by atoms with Gasteiger partial charge in [0.25, 0.3) is 0 Å². The molecule has 0 fully saturated rings. The highest BCUT2D eigenvalue weighted by molar-refractivity contribution is 7.09. The Kier molecular flexibility index (Phi) is 5.26. The topological polar surface area (TPSA) is 59.4 Å². The van der Waals surface area contributed by atoms with Crippen molar-refractivity contribution < 1.29 is 14.6 Å². The predicted octanol–water partition coefficient (Wildman–Crippen LogP) is 2.31. The Labute approximate surface area is 122 Å². The van der Waals surface area contributed by atoms with Crippen LogP contribution in [0.4, 0.5) is 0 Å². The predicted molar refractivity (Wildman–Crippen MR) is 77.8 cm³/mol. The number of aryl methyl sites for hydroxylation is 1. The number of aliphatic hydroxyl groups excluding tert-OH is 1. The normalized spacial score (nSPS) is 12.1. The zero-order valence-corrected chi connectivity index (χ0v) is 12.1. The molecule has 0 spiro atoms. The minimum atomic E-state index is -0.616. The van der Waals surface area contributed by atoms with Crippen LogP contribution in [-0.4, -0.2) is 29.3 Å². The molecule has 20 heavy (non-hydrogen) atoms. The fraction of sp³-hybridized carbons (Fsp3) is 0.333. The van der Waals surface area contributed by atoms with Gasteiger partial charge in [-0.2, -0.15) is 0 Å². The Hall–Kier alpha value is -1.72. The van der Waals surface area contributed by atoms with Crippen LogP contribution in [0.25, 0.3) is 0 Å². The lowest BCUT2D eigenvalue weighted by molar-refractivity contribution is -0.146. The minimum absolute atomic E-state index is 0.251. The number of thiazole rings is 1. The number of rotatable bonds is 6. The first kappa shape index (κ1) is 14.7. The number of benzene rings is 1. The maximum absolute atomic E-state index is 12.0. The average Bonchev–Trinajstić information content (AvgIpc) is 2.86. The van der Waals surface area contributed by atoms with E-state index in [0.717, 1.165) is 16.3 Å². The standard InChI is InChI=1S/C15H17NO3S/c1-11-10-20-14(16-11)7-8-19-15(18)13(9-17)12-5-3-2-4-6-12/h2-6,10,13,17H,7-9H2,1H3. The van der Waals surface area contributed by atoms with E-state index < -0.39 is 11.9 Å². The summed E-state index contributed by atoms with van der Waals surface area (Å²) in [5.74, 6) is -1.01. The van der Waals surface area contributed by atoms with Crippen molar-refractivity contribution in [3.8, 4) is 0 Å². The lowest BCUT2D eigenvalue weighted by Gasteiger charge is -2.13. The molecule has 0 radical (unpaired) electrons. The number of hydrogen-bond donors (Lipinski definition) is 1. The Morgan fingerprint density at radius 1 is 1.40 bits per heavy atom. The molecule has 0 amide bonds. The third kappa shape index (κ3) is 3.88. The second-order valence-electron chi connectivity index (χ2n) is 4.45. The molecule has 2 rings (SSSR count). The summed E-state index contributed by atoms with van der Waals surface area (Å²) in [6, 6.07) is 9.17. The van der Waals surface area contributed by atoms with E-state index in [9.17, 15) is 9.90 Å². The van der Waals surface area contributed by atoms with Gasteiger partial charge in [-0.05, 0) is 12.5 Å². The van der Waals surface area contributed by atoms with E-state index in [4.69, 9.17) is 4.74 Å². The Morgan fingerprint density at radius 3 is 2.75 bits per heavy atom. The van der Waals surface area contributed by atoms with Gasteiger partial charge in [-0.15, -0.1) is 11.3 Å². The number of esters is 1. The van der Waals surface area contributed by atoms with Crippen molar-refractivity contribution >= 4 is 17.3 Å². The third-order valence-corrected chi connectivity index (χ3v) is 3.92. The molecule has 0 bridgehead atoms. The van der Waals surface area contributed by atoms with Crippen LogP contribution in [0.15, 0.2) is 35.7 Å². The lowest BCUT2D eigenvalue weighted by atomic mass is 10.0. The van der Waals surface area contributed by atoms with Gasteiger partial charge in [-0.1, -0.05) is 30.3 Å². The van der Waals surface area contributed by atoms with E-state index in [1.807, 2.05) is 42.6 Å². The number of nitrogens with zero attached hydrogens (tertiary/aromatic N) is 1. The van der Waals surface area contributed by atoms with Crippen LogP contribution in [0.5, 0.6) is 0 Å². The van der Waals surface area contributed by atoms with E-state index >= 15 is 0 Å². The monoisotopic (exact) mass is 291 g/mol. The molecular formula is C15H17NO3S. The zero-order chi connectivity index (χ0) is 14.4. The van der Waals surface area contributed by atoms with Gasteiger partial charge in [0, 0.05) is 17.5 Å². The Morgan fingerprint density at radius 2 is 2.15 bits per heavy atom. The second kappa shape index (κ2) is 7.17. The second-order valence-corrected chi connectivity index (χ2v) is 5.39. The fourth-order valence-electron chi connectivity index (χ4n) is 1.86. The maximum Gasteiger partial charge on any atom is 0.315 e. The van der Waals surface area contributed by atoms with Gasteiger partial charge >= 0.3 is 5.97 Å². The van der Waals surface area contributed by atoms with Crippen molar-refractivity contribution in [1.82, 2.24) is 4.98 Å². The Bertz CT molecular complexity index is 553. The molecule has 0 aliphatic carbocycles. The molecule has 0 aliphatic heterocycles. The van der Waals surface area contributed by atoms with Crippen LogP contribution in [-0.2, 0) is 16.0 Å². The first-order chi connectivity index (χ1) is 9.70. The smallest absolute Gasteiger partial charge is 0.315 e. The van der Waals surface area contributed by atoms with Crippen LogP contribution in [0.1, 0.15) is 22.2 Å². The lowest BCUT2D eigenvalue weighted by Crippen LogP contribution is -2.20. The summed E-state index contributed by atoms with van der Waals surface area (Å²) in [5.41, 5.74) is 1.75. The summed E-state index contributed by atoms with van der Waals surface area (Å²) in [4.78, 5) is 16.3. The van der Waals surface area contributed by atoms with Gasteiger partial charge in [0.15, 0.2) is 0 Å². The quantitative estimate of drug-likeness (QED) is 0.830. The molecule has 1 unspecified atom stereocenters. The SMILES string of the molecule is Cc1csc(CCOC(=O)C(CO)c2ccccc2)n1. The average molecular weight is 291 g/mol. The highest BCUT2D eigenvalue weighted by Crippen LogP contribution is 2.17. The molecule has 2 aromatic rings. The van der Waals surface area contributed by atoms with Crippen molar-refractivity contribution in [2.45, 2.75) is 19.3 Å². The molecule has 1 heterocycles. The van der Waals surface area contributed by atoms with E-state index in [-0.39, 0.29) is 13.2 Å². The summed E-state index contributed by atoms with van der Waals surface area (Å²) in [5, 5.41) is 12.3. The van der Waals surface area contributed by atoms with Gasteiger partial charge < -0.3 is 9.84 Å². The molecular weight excluding hydrogens is 274 g/mol. The van der Waals surface area contributed by atoms with Crippen molar-refractivity contribution in [3.63, 3.8) is 0 Å². The fourth-order valence-corrected chi connectivity index (χ4v) is 2.62. The summed E-state index contributed by atoms with van der Waals surface area (Å²) in [6.07, 6.45) is 0.608. The summed E-state index contributed by atoms with van der Waals surface area (Å²) in [6.45, 7) is 1.97. The van der Waals surface area contributed by atoms with E-state index in [2.05, 4.69) is 4.98 Å². The largest absolute Gasteiger partial charge is 0.465 e. The van der Waals surface area contributed by atoms with E-state index in [1.54, 1.807) is 11.3 Å². The van der Waals surface area contributed by atoms with E-state index in [0.29, 0.717) is 6.42 Å². The first-order valence-corrected chi connectivity index (χ1v) is 7.32. The van der Waals surface area contributed by atoms with Crippen molar-refractivity contribution in [1.29, 1.82) is 0 Å². The van der Waals surface area contributed by atoms with Crippen LogP contribution >= 0.6 is 11.3 Å². The van der Waals surface area contributed by atoms with Crippen molar-refractivity contribution in [3.05, 3.63) is 52.0 Å². The van der Waals surface area contributed by atoms with E-state index in [1.165, 1.54) is 0 Å². The summed E-state index contributed by atoms with van der Waals surface area (Å²) < 4.78 is 5.23. The maximum atomic E-state index is 12.0. The molecule has 1 aromatic heterocycles. The number of ether oxygens (including phenoxy) is 1. The van der Waals surface area contributed by atoms with Crippen LogP contribution in [0, 0.1) is 6.92 Å². The molecule has 4 nitrogen and oxygen atoms in total. The van der Waals surface area contributed by atoms with Crippen molar-refractivity contribution in [2.75, 3.05) is 13.2 Å². The van der Waals surface area contributed by atoms with Gasteiger partial charge in [-0.25, -0.2) is 4.98 Å². The van der Waals surface area contributed by atoms with Gasteiger partial charge in [0.05, 0.1) is 18.2 Å². The molecule has 1 atom stereocenters. The molecule has 1 aromatic carbocycles. The molecule has 5 heteroatoms. The number of hydrogen-bond acceptors (Lipinski definition) is 5. The van der Waals surface area contributed by atoms with Crippen LogP contribution < -0.4 is 0 Å². The van der Waals surface area contributed by atoms with Gasteiger partial charge in [0.2, 0.25) is 0 Å². The number of aliphatic hydroxyl groups is 1. The van der Waals surface area contributed by atoms with Gasteiger partial charge in [-0.3, -0.25) is 4.79 Å². The Balaban J connectivity index is 1.87. The van der Waals surface area contributed by atoms with Gasteiger partial charge in [0.1, 0.15) is 5.92 Å². The number of aromatic nitrogens is 1. The zero-order valence-electron chi connectivity index (χ0n) is 11.3. The third-order valence-electron chi connectivity index (χ3n) is 2.90. The molecule has 106 valence electrons. The molecule has 0 aliphatic rings. The number of carbonyl (C=O) groups excluding carboxylic acids is 1. The van der Waals surface area contributed by atoms with Crippen LogP contribution in [0.3, 0.4) is 0 Å². The van der Waals surface area contributed by atoms with Crippen LogP contribution in [0.2, 0.25) is 0 Å². The summed E-state index contributed by atoms with van der Waals surface area (Å²) in [7, 11) is 0. The molecule has 0 saturated carbocycles. The first-order valence-electron chi connectivity index (χ1n) is 6.44. The highest BCUT2D eigenvalue weighted by atomic mass is 32.1. The summed E-state index contributed by atoms with van der Waals surface area (Å²) >= 11 is 1.56. The minimum Gasteiger partial charge on any atom is -0.465 e.